The summed E-state index contributed by atoms with van der Waals surface area (Å²) in [5.74, 6) is 0. The Hall–Kier alpha value is -1.75. The molecule has 1 saturated carbocycles. The number of nitrogens with two attached hydrogens (primary N) is 1. The van der Waals surface area contributed by atoms with Crippen molar-refractivity contribution >= 4 is 17.5 Å². The van der Waals surface area contributed by atoms with Crippen LogP contribution in [0.25, 0.3) is 0 Å². The molecule has 1 aromatic carbocycles. The molecular weight excluding hydrogens is 242 g/mol. The highest BCUT2D eigenvalue weighted by molar-refractivity contribution is 5.89. The molecule has 1 amide bonds. The van der Waals surface area contributed by atoms with Crippen molar-refractivity contribution in [3.8, 4) is 0 Å². The Morgan fingerprint density at radius 1 is 1.37 bits per heavy atom. The first kappa shape index (κ1) is 12.3. The van der Waals surface area contributed by atoms with Gasteiger partial charge in [-0.15, -0.1) is 0 Å². The van der Waals surface area contributed by atoms with Crippen LogP contribution in [0.5, 0.6) is 0 Å². The second-order valence-corrected chi connectivity index (χ2v) is 5.23. The summed E-state index contributed by atoms with van der Waals surface area (Å²) >= 11 is 0. The fourth-order valence-electron chi connectivity index (χ4n) is 2.77. The number of benzene rings is 1. The van der Waals surface area contributed by atoms with Crippen LogP contribution in [0.4, 0.5) is 16.2 Å². The first-order valence-corrected chi connectivity index (χ1v) is 6.79. The third-order valence-corrected chi connectivity index (χ3v) is 3.76. The Morgan fingerprint density at radius 3 is 2.95 bits per heavy atom. The van der Waals surface area contributed by atoms with Crippen LogP contribution < -0.4 is 16.0 Å². The van der Waals surface area contributed by atoms with Gasteiger partial charge in [-0.25, -0.2) is 4.79 Å². The zero-order valence-corrected chi connectivity index (χ0v) is 10.8. The number of ether oxygens (including phenoxy) is 1. The van der Waals surface area contributed by atoms with Gasteiger partial charge in [0.25, 0.3) is 0 Å². The highest BCUT2D eigenvalue weighted by Crippen LogP contribution is 2.26. The second kappa shape index (κ2) is 5.09. The van der Waals surface area contributed by atoms with Gasteiger partial charge in [0.2, 0.25) is 0 Å². The fourth-order valence-corrected chi connectivity index (χ4v) is 2.77. The molecule has 0 radical (unpaired) electrons. The number of cyclic esters (lactones) is 1. The Balaban J connectivity index is 1.71. The molecule has 1 saturated heterocycles. The summed E-state index contributed by atoms with van der Waals surface area (Å²) in [5.41, 5.74) is 7.84. The number of nitrogens with zero attached hydrogens (tertiary/aromatic N) is 1. The van der Waals surface area contributed by atoms with E-state index in [0.29, 0.717) is 25.2 Å². The third kappa shape index (κ3) is 2.66. The van der Waals surface area contributed by atoms with Gasteiger partial charge in [-0.3, -0.25) is 4.90 Å². The Kier molecular flexibility index (Phi) is 3.29. The lowest BCUT2D eigenvalue weighted by molar-refractivity contribution is 0.181. The van der Waals surface area contributed by atoms with E-state index in [-0.39, 0.29) is 6.09 Å². The highest BCUT2D eigenvalue weighted by atomic mass is 16.6. The van der Waals surface area contributed by atoms with Gasteiger partial charge in [0.15, 0.2) is 0 Å². The van der Waals surface area contributed by atoms with Gasteiger partial charge in [0.1, 0.15) is 6.61 Å². The van der Waals surface area contributed by atoms with Gasteiger partial charge < -0.3 is 15.8 Å². The molecule has 3 N–H and O–H groups in total. The predicted molar refractivity (Wildman–Crippen MR) is 74.4 cm³/mol. The zero-order valence-electron chi connectivity index (χ0n) is 10.8. The van der Waals surface area contributed by atoms with E-state index >= 15 is 0 Å². The van der Waals surface area contributed by atoms with Crippen LogP contribution in [0.15, 0.2) is 24.3 Å². The number of amides is 1. The molecular formula is C14H19N3O2. The van der Waals surface area contributed by atoms with E-state index < -0.39 is 0 Å². The summed E-state index contributed by atoms with van der Waals surface area (Å²) in [5, 5.41) is 3.49. The lowest BCUT2D eigenvalue weighted by Crippen LogP contribution is -2.24. The molecule has 0 spiro atoms. The van der Waals surface area contributed by atoms with Crippen LogP contribution in [0, 0.1) is 0 Å². The number of carbonyl (C=O) groups excluding carboxylic acids is 1. The van der Waals surface area contributed by atoms with Crippen molar-refractivity contribution in [2.75, 3.05) is 23.4 Å². The van der Waals surface area contributed by atoms with Crippen LogP contribution >= 0.6 is 0 Å². The van der Waals surface area contributed by atoms with Gasteiger partial charge in [0, 0.05) is 23.5 Å². The molecule has 102 valence electrons. The second-order valence-electron chi connectivity index (χ2n) is 5.23. The van der Waals surface area contributed by atoms with E-state index in [2.05, 4.69) is 5.32 Å². The predicted octanol–water partition coefficient (Wildman–Crippen LogP) is 1.93. The maximum absolute atomic E-state index is 11.5. The summed E-state index contributed by atoms with van der Waals surface area (Å²) < 4.78 is 4.96. The van der Waals surface area contributed by atoms with E-state index in [0.717, 1.165) is 30.6 Å². The summed E-state index contributed by atoms with van der Waals surface area (Å²) in [6.07, 6.45) is 2.93. The lowest BCUT2D eigenvalue weighted by atomic mass is 10.2. The largest absolute Gasteiger partial charge is 0.447 e. The maximum Gasteiger partial charge on any atom is 0.414 e. The lowest BCUT2D eigenvalue weighted by Gasteiger charge is -2.17. The standard InChI is InChI=1S/C14H19N3O2/c15-10-4-5-12(8-10)16-11-2-1-3-13(9-11)17-6-7-19-14(17)18/h1-3,9-10,12,16H,4-8,15H2. The zero-order chi connectivity index (χ0) is 13.2. The van der Waals surface area contributed by atoms with Crippen molar-refractivity contribution in [2.45, 2.75) is 31.3 Å². The van der Waals surface area contributed by atoms with E-state index in [1.807, 2.05) is 24.3 Å². The van der Waals surface area contributed by atoms with Crippen LogP contribution in [0.2, 0.25) is 0 Å². The smallest absolute Gasteiger partial charge is 0.414 e. The quantitative estimate of drug-likeness (QED) is 0.872. The SMILES string of the molecule is NC1CCC(Nc2cccc(N3CCOC3=O)c2)C1. The minimum absolute atomic E-state index is 0.264. The first-order chi connectivity index (χ1) is 9.22. The van der Waals surface area contributed by atoms with Crippen LogP contribution in [-0.2, 0) is 4.74 Å². The molecule has 3 rings (SSSR count). The van der Waals surface area contributed by atoms with Gasteiger partial charge in [0.05, 0.1) is 6.54 Å². The highest BCUT2D eigenvalue weighted by Gasteiger charge is 2.24. The minimum atomic E-state index is -0.264. The minimum Gasteiger partial charge on any atom is -0.447 e. The van der Waals surface area contributed by atoms with E-state index in [9.17, 15) is 4.79 Å². The first-order valence-electron chi connectivity index (χ1n) is 6.79. The summed E-state index contributed by atoms with van der Waals surface area (Å²) in [4.78, 5) is 13.2. The Bertz CT molecular complexity index is 478. The molecule has 2 atom stereocenters. The van der Waals surface area contributed by atoms with Crippen molar-refractivity contribution in [1.29, 1.82) is 0 Å². The molecule has 1 heterocycles. The molecule has 5 nitrogen and oxygen atoms in total. The van der Waals surface area contributed by atoms with E-state index in [1.165, 1.54) is 0 Å². The van der Waals surface area contributed by atoms with Crippen LogP contribution in [-0.4, -0.2) is 31.3 Å². The van der Waals surface area contributed by atoms with Gasteiger partial charge in [-0.1, -0.05) is 6.07 Å². The van der Waals surface area contributed by atoms with Crippen molar-refractivity contribution in [1.82, 2.24) is 0 Å². The summed E-state index contributed by atoms with van der Waals surface area (Å²) in [6.45, 7) is 1.09. The fraction of sp³-hybridized carbons (Fsp3) is 0.500. The van der Waals surface area contributed by atoms with Crippen molar-refractivity contribution < 1.29 is 9.53 Å². The molecule has 1 aliphatic heterocycles. The Morgan fingerprint density at radius 2 is 2.26 bits per heavy atom. The molecule has 1 aromatic rings. The molecule has 0 aromatic heterocycles. The normalized spacial score (nSPS) is 26.6. The number of hydrogen-bond donors (Lipinski definition) is 2. The Labute approximate surface area is 112 Å². The summed E-state index contributed by atoms with van der Waals surface area (Å²) in [6, 6.07) is 8.66. The number of nitrogens with one attached hydrogen (secondary N) is 1. The number of anilines is 2. The number of carbonyl (C=O) groups is 1. The molecule has 0 bridgehead atoms. The van der Waals surface area contributed by atoms with Crippen molar-refractivity contribution in [3.05, 3.63) is 24.3 Å². The third-order valence-electron chi connectivity index (χ3n) is 3.76. The van der Waals surface area contributed by atoms with E-state index in [4.69, 9.17) is 10.5 Å². The molecule has 2 unspecified atom stereocenters. The molecule has 5 heteroatoms. The van der Waals surface area contributed by atoms with Crippen LogP contribution in [0.1, 0.15) is 19.3 Å². The van der Waals surface area contributed by atoms with Gasteiger partial charge in [-0.05, 0) is 37.5 Å². The molecule has 1 aliphatic carbocycles. The monoisotopic (exact) mass is 261 g/mol. The van der Waals surface area contributed by atoms with Crippen molar-refractivity contribution in [3.63, 3.8) is 0 Å². The van der Waals surface area contributed by atoms with Crippen LogP contribution in [0.3, 0.4) is 0 Å². The number of rotatable bonds is 3. The molecule has 19 heavy (non-hydrogen) atoms. The molecule has 2 fully saturated rings. The summed E-state index contributed by atoms with van der Waals surface area (Å²) in [7, 11) is 0. The average Bonchev–Trinajstić information content (AvgIpc) is 2.99. The van der Waals surface area contributed by atoms with Crippen molar-refractivity contribution in [2.24, 2.45) is 5.73 Å². The average molecular weight is 261 g/mol. The van der Waals surface area contributed by atoms with Gasteiger partial charge in [-0.2, -0.15) is 0 Å². The maximum atomic E-state index is 11.5. The topological polar surface area (TPSA) is 67.6 Å². The van der Waals surface area contributed by atoms with Gasteiger partial charge >= 0.3 is 6.09 Å². The van der Waals surface area contributed by atoms with E-state index in [1.54, 1.807) is 4.90 Å². The number of hydrogen-bond acceptors (Lipinski definition) is 4. The molecule has 2 aliphatic rings.